The first-order valence-corrected chi connectivity index (χ1v) is 9.98. The molecule has 0 aliphatic rings. The fourth-order valence-corrected chi connectivity index (χ4v) is 2.73. The number of carbonyl (C=O) groups is 4. The second-order valence-electron chi connectivity index (χ2n) is 7.87. The van der Waals surface area contributed by atoms with Crippen molar-refractivity contribution in [2.45, 2.75) is 41.5 Å². The average Bonchev–Trinajstić information content (AvgIpc) is 2.66. The molecule has 0 atom stereocenters. The fourth-order valence-electron chi connectivity index (χ4n) is 2.73. The van der Waals surface area contributed by atoms with Crippen molar-refractivity contribution in [2.24, 2.45) is 11.8 Å². The molecule has 0 radical (unpaired) electrons. The third-order valence-corrected chi connectivity index (χ3v) is 3.97. The number of hydrogen-bond acceptors (Lipinski definition) is 6. The Labute approximate surface area is 178 Å². The predicted octanol–water partition coefficient (Wildman–Crippen LogP) is 2.79. The summed E-state index contributed by atoms with van der Waals surface area (Å²) in [6.07, 6.45) is 0. The van der Waals surface area contributed by atoms with Gasteiger partial charge in [0.2, 0.25) is 0 Å². The van der Waals surface area contributed by atoms with Gasteiger partial charge in [-0.15, -0.1) is 0 Å². The summed E-state index contributed by atoms with van der Waals surface area (Å²) in [5.74, 6) is -1.27. The van der Waals surface area contributed by atoms with Gasteiger partial charge in [-0.05, 0) is 36.1 Å². The highest BCUT2D eigenvalue weighted by atomic mass is 16.5. The smallest absolute Gasteiger partial charge is 0.303 e. The minimum Gasteiger partial charge on any atom is -0.456 e. The molecule has 0 spiro atoms. The summed E-state index contributed by atoms with van der Waals surface area (Å²) in [5, 5.41) is 0. The molecule has 0 aliphatic heterocycles. The van der Waals surface area contributed by atoms with Gasteiger partial charge in [0.05, 0.1) is 0 Å². The van der Waals surface area contributed by atoms with Gasteiger partial charge in [0, 0.05) is 38.3 Å². The first kappa shape index (κ1) is 25.1. The van der Waals surface area contributed by atoms with Gasteiger partial charge in [0.1, 0.15) is 0 Å². The van der Waals surface area contributed by atoms with E-state index < -0.39 is 11.9 Å². The number of anilines is 2. The van der Waals surface area contributed by atoms with Crippen molar-refractivity contribution >= 4 is 35.1 Å². The van der Waals surface area contributed by atoms with Gasteiger partial charge in [-0.25, -0.2) is 0 Å². The van der Waals surface area contributed by atoms with Crippen molar-refractivity contribution in [3.63, 3.8) is 0 Å². The lowest BCUT2D eigenvalue weighted by molar-refractivity contribution is -0.145. The number of rotatable bonds is 10. The Balaban J connectivity index is 3.08. The number of carbonyl (C=O) groups excluding carboxylic acids is 4. The molecule has 0 N–H and O–H groups in total. The van der Waals surface area contributed by atoms with Crippen molar-refractivity contribution in [3.8, 4) is 0 Å². The van der Waals surface area contributed by atoms with Gasteiger partial charge in [0.15, 0.2) is 13.2 Å². The molecule has 166 valence electrons. The molecule has 0 aromatic heterocycles. The van der Waals surface area contributed by atoms with Gasteiger partial charge >= 0.3 is 11.9 Å². The number of amides is 2. The molecule has 0 saturated heterocycles. The van der Waals surface area contributed by atoms with Crippen molar-refractivity contribution in [1.82, 2.24) is 0 Å². The van der Waals surface area contributed by atoms with E-state index in [1.54, 1.807) is 34.1 Å². The Morgan fingerprint density at radius 2 is 1.00 bits per heavy atom. The van der Waals surface area contributed by atoms with Gasteiger partial charge in [0.25, 0.3) is 11.8 Å². The van der Waals surface area contributed by atoms with Gasteiger partial charge in [-0.1, -0.05) is 27.7 Å². The summed E-state index contributed by atoms with van der Waals surface area (Å²) < 4.78 is 9.69. The Kier molecular flexibility index (Phi) is 10.0. The minimum atomic E-state index is -0.515. The van der Waals surface area contributed by atoms with Crippen LogP contribution < -0.4 is 9.80 Å². The summed E-state index contributed by atoms with van der Waals surface area (Å²) in [5.41, 5.74) is 1.28. The SMILES string of the molecule is CC(=O)OCC(=O)N(CC(C)C)c1ccc(N(CC(C)C)C(=O)COC(C)=O)cc1. The topological polar surface area (TPSA) is 93.2 Å². The van der Waals surface area contributed by atoms with E-state index in [0.717, 1.165) is 0 Å². The van der Waals surface area contributed by atoms with Crippen molar-refractivity contribution < 1.29 is 28.7 Å². The summed E-state index contributed by atoms with van der Waals surface area (Å²) in [6, 6.07) is 6.98. The van der Waals surface area contributed by atoms with E-state index in [1.165, 1.54) is 13.8 Å². The molecular weight excluding hydrogens is 388 g/mol. The number of esters is 2. The molecule has 8 nitrogen and oxygen atoms in total. The molecular formula is C22H32N2O6. The van der Waals surface area contributed by atoms with Crippen LogP contribution in [0.2, 0.25) is 0 Å². The lowest BCUT2D eigenvalue weighted by Crippen LogP contribution is -2.38. The molecule has 8 heteroatoms. The molecule has 1 rings (SSSR count). The second kappa shape index (κ2) is 11.9. The molecule has 0 bridgehead atoms. The van der Waals surface area contributed by atoms with Crippen LogP contribution in [0.5, 0.6) is 0 Å². The van der Waals surface area contributed by atoms with Crippen LogP contribution in [0.1, 0.15) is 41.5 Å². The molecule has 0 unspecified atom stereocenters. The van der Waals surface area contributed by atoms with E-state index in [4.69, 9.17) is 9.47 Å². The highest BCUT2D eigenvalue weighted by Gasteiger charge is 2.21. The second-order valence-corrected chi connectivity index (χ2v) is 7.87. The number of nitrogens with zero attached hydrogens (tertiary/aromatic N) is 2. The Hall–Kier alpha value is -2.90. The summed E-state index contributed by atoms with van der Waals surface area (Å²) in [6.45, 7) is 10.7. The minimum absolute atomic E-state index is 0.203. The molecule has 0 heterocycles. The normalized spacial score (nSPS) is 10.7. The zero-order chi connectivity index (χ0) is 22.8. The quantitative estimate of drug-likeness (QED) is 0.541. The van der Waals surface area contributed by atoms with Crippen LogP contribution in [0.4, 0.5) is 11.4 Å². The summed E-state index contributed by atoms with van der Waals surface area (Å²) >= 11 is 0. The van der Waals surface area contributed by atoms with E-state index in [9.17, 15) is 19.2 Å². The van der Waals surface area contributed by atoms with E-state index in [1.807, 2.05) is 27.7 Å². The fraction of sp³-hybridized carbons (Fsp3) is 0.545. The van der Waals surface area contributed by atoms with Crippen LogP contribution in [0.3, 0.4) is 0 Å². The van der Waals surface area contributed by atoms with E-state index >= 15 is 0 Å². The Morgan fingerprint density at radius 1 is 0.700 bits per heavy atom. The number of ether oxygens (including phenoxy) is 2. The first-order chi connectivity index (χ1) is 14.0. The first-order valence-electron chi connectivity index (χ1n) is 9.98. The molecule has 1 aromatic carbocycles. The van der Waals surface area contributed by atoms with Gasteiger partial charge in [-0.2, -0.15) is 0 Å². The maximum Gasteiger partial charge on any atom is 0.303 e. The largest absolute Gasteiger partial charge is 0.456 e. The van der Waals surface area contributed by atoms with Crippen molar-refractivity contribution in [1.29, 1.82) is 0 Å². The lowest BCUT2D eigenvalue weighted by Gasteiger charge is -2.27. The van der Waals surface area contributed by atoms with Crippen LogP contribution in [-0.4, -0.2) is 50.1 Å². The van der Waals surface area contributed by atoms with E-state index in [0.29, 0.717) is 24.5 Å². The van der Waals surface area contributed by atoms with Gasteiger partial charge in [-0.3, -0.25) is 19.2 Å². The summed E-state index contributed by atoms with van der Waals surface area (Å²) in [7, 11) is 0. The molecule has 0 aliphatic carbocycles. The third-order valence-electron chi connectivity index (χ3n) is 3.97. The highest BCUT2D eigenvalue weighted by Crippen LogP contribution is 2.23. The molecule has 1 aromatic rings. The molecule has 30 heavy (non-hydrogen) atoms. The summed E-state index contributed by atoms with van der Waals surface area (Å²) in [4.78, 5) is 50.3. The van der Waals surface area contributed by atoms with Crippen LogP contribution in [0.25, 0.3) is 0 Å². The van der Waals surface area contributed by atoms with Crippen LogP contribution in [0, 0.1) is 11.8 Å². The monoisotopic (exact) mass is 420 g/mol. The van der Waals surface area contributed by atoms with E-state index in [2.05, 4.69) is 0 Å². The van der Waals surface area contributed by atoms with E-state index in [-0.39, 0.29) is 36.9 Å². The molecule has 2 amide bonds. The third kappa shape index (κ3) is 8.63. The van der Waals surface area contributed by atoms with Crippen LogP contribution in [0.15, 0.2) is 24.3 Å². The van der Waals surface area contributed by atoms with Crippen LogP contribution >= 0.6 is 0 Å². The zero-order valence-corrected chi connectivity index (χ0v) is 18.6. The maximum atomic E-state index is 12.5. The Bertz CT molecular complexity index is 679. The highest BCUT2D eigenvalue weighted by molar-refractivity contribution is 5.97. The lowest BCUT2D eigenvalue weighted by atomic mass is 10.1. The molecule has 0 saturated carbocycles. The van der Waals surface area contributed by atoms with Crippen molar-refractivity contribution in [2.75, 3.05) is 36.1 Å². The zero-order valence-electron chi connectivity index (χ0n) is 18.6. The standard InChI is InChI=1S/C22H32N2O6/c1-15(2)11-23(21(27)13-29-17(5)25)19-7-9-20(10-8-19)24(12-16(3)4)22(28)14-30-18(6)26/h7-10,15-16H,11-14H2,1-6H3. The average molecular weight is 421 g/mol. The predicted molar refractivity (Wildman–Crippen MR) is 114 cm³/mol. The number of benzene rings is 1. The van der Waals surface area contributed by atoms with Gasteiger partial charge < -0.3 is 19.3 Å². The molecule has 0 fully saturated rings. The van der Waals surface area contributed by atoms with Crippen molar-refractivity contribution in [3.05, 3.63) is 24.3 Å². The Morgan fingerprint density at radius 3 is 1.23 bits per heavy atom. The van der Waals surface area contributed by atoms with Crippen LogP contribution in [-0.2, 0) is 28.7 Å². The maximum absolute atomic E-state index is 12.5. The number of hydrogen-bond donors (Lipinski definition) is 0.